The Kier molecular flexibility index (Phi) is 3.48. The highest BCUT2D eigenvalue weighted by Gasteiger charge is 2.19. The largest absolute Gasteiger partial charge is 0.454 e. The van der Waals surface area contributed by atoms with Gasteiger partial charge in [0.1, 0.15) is 5.82 Å². The molecule has 2 heterocycles. The third-order valence-corrected chi connectivity index (χ3v) is 3.67. The van der Waals surface area contributed by atoms with Crippen molar-refractivity contribution < 1.29 is 9.47 Å². The monoisotopic (exact) mass is 335 g/mol. The molecule has 3 rings (SSSR count). The molecule has 1 N–H and O–H groups in total. The molecule has 0 spiro atoms. The molecule has 0 saturated carbocycles. The van der Waals surface area contributed by atoms with Crippen LogP contribution in [0.3, 0.4) is 0 Å². The van der Waals surface area contributed by atoms with Crippen LogP contribution < -0.4 is 14.8 Å². The van der Waals surface area contributed by atoms with Crippen LogP contribution in [0.2, 0.25) is 0 Å². The average molecular weight is 336 g/mol. The van der Waals surface area contributed by atoms with Gasteiger partial charge in [-0.25, -0.2) is 9.97 Å². The first-order valence-electron chi connectivity index (χ1n) is 6.36. The van der Waals surface area contributed by atoms with Crippen molar-refractivity contribution in [1.82, 2.24) is 9.97 Å². The summed E-state index contributed by atoms with van der Waals surface area (Å²) in [6, 6.07) is 5.80. The Morgan fingerprint density at radius 2 is 2.10 bits per heavy atom. The van der Waals surface area contributed by atoms with Crippen molar-refractivity contribution in [3.8, 4) is 22.9 Å². The van der Waals surface area contributed by atoms with Gasteiger partial charge in [-0.2, -0.15) is 0 Å². The lowest BCUT2D eigenvalue weighted by Crippen LogP contribution is -2.00. The minimum absolute atomic E-state index is 0.245. The quantitative estimate of drug-likeness (QED) is 0.933. The molecular weight excluding hydrogens is 322 g/mol. The molecule has 104 valence electrons. The number of nitrogens with one attached hydrogen (secondary N) is 1. The number of halogens is 1. The van der Waals surface area contributed by atoms with E-state index in [0.717, 1.165) is 33.7 Å². The van der Waals surface area contributed by atoms with Gasteiger partial charge in [0.15, 0.2) is 17.3 Å². The third kappa shape index (κ3) is 2.31. The zero-order valence-corrected chi connectivity index (χ0v) is 12.8. The van der Waals surface area contributed by atoms with E-state index in [1.54, 1.807) is 0 Å². The van der Waals surface area contributed by atoms with Crippen LogP contribution >= 0.6 is 15.9 Å². The summed E-state index contributed by atoms with van der Waals surface area (Å²) in [5.41, 5.74) is 1.89. The first-order valence-corrected chi connectivity index (χ1v) is 7.15. The summed E-state index contributed by atoms with van der Waals surface area (Å²) in [5, 5.41) is 3.06. The summed E-state index contributed by atoms with van der Waals surface area (Å²) < 4.78 is 11.7. The Morgan fingerprint density at radius 1 is 1.25 bits per heavy atom. The smallest absolute Gasteiger partial charge is 0.231 e. The van der Waals surface area contributed by atoms with Gasteiger partial charge in [-0.3, -0.25) is 0 Å². The first-order chi connectivity index (χ1) is 9.71. The molecule has 1 aliphatic heterocycles. The van der Waals surface area contributed by atoms with Gasteiger partial charge in [0.25, 0.3) is 0 Å². The van der Waals surface area contributed by atoms with Crippen LogP contribution in [0.4, 0.5) is 5.82 Å². The molecule has 0 bridgehead atoms. The zero-order chi connectivity index (χ0) is 14.1. The predicted octanol–water partition coefficient (Wildman–Crippen LogP) is 3.24. The van der Waals surface area contributed by atoms with E-state index < -0.39 is 0 Å². The number of nitrogens with zero attached hydrogens (tertiary/aromatic N) is 2. The number of benzene rings is 1. The number of fused-ring (bicyclic) bond motifs is 1. The van der Waals surface area contributed by atoms with E-state index >= 15 is 0 Å². The number of aryl methyl sites for hydroxylation is 1. The van der Waals surface area contributed by atoms with Crippen LogP contribution in [0, 0.1) is 0 Å². The molecule has 0 atom stereocenters. The molecule has 1 aromatic carbocycles. The van der Waals surface area contributed by atoms with Gasteiger partial charge in [0.05, 0.1) is 4.47 Å². The molecule has 0 fully saturated rings. The summed E-state index contributed by atoms with van der Waals surface area (Å²) in [4.78, 5) is 9.07. The zero-order valence-electron chi connectivity index (χ0n) is 11.2. The lowest BCUT2D eigenvalue weighted by molar-refractivity contribution is 0.173. The number of hydrogen-bond donors (Lipinski definition) is 1. The average Bonchev–Trinajstić information content (AvgIpc) is 2.95. The van der Waals surface area contributed by atoms with Gasteiger partial charge < -0.3 is 14.8 Å². The fraction of sp³-hybridized carbons (Fsp3) is 0.286. The maximum absolute atomic E-state index is 5.43. The maximum atomic E-state index is 5.43. The van der Waals surface area contributed by atoms with Crippen molar-refractivity contribution in [1.29, 1.82) is 0 Å². The molecule has 0 amide bonds. The normalized spacial score (nSPS) is 12.6. The highest BCUT2D eigenvalue weighted by molar-refractivity contribution is 9.10. The molecule has 2 aromatic rings. The Balaban J connectivity index is 2.11. The van der Waals surface area contributed by atoms with E-state index in [4.69, 9.17) is 9.47 Å². The second-order valence-electron chi connectivity index (χ2n) is 4.36. The van der Waals surface area contributed by atoms with E-state index in [-0.39, 0.29) is 6.79 Å². The number of rotatable bonds is 3. The fourth-order valence-electron chi connectivity index (χ4n) is 2.03. The van der Waals surface area contributed by atoms with Crippen LogP contribution in [0.25, 0.3) is 11.4 Å². The van der Waals surface area contributed by atoms with Crippen molar-refractivity contribution in [3.05, 3.63) is 28.4 Å². The second-order valence-corrected chi connectivity index (χ2v) is 5.22. The van der Waals surface area contributed by atoms with Crippen LogP contribution in [0.5, 0.6) is 11.5 Å². The molecule has 1 aliphatic rings. The SMILES string of the molecule is CCc1cc(NC)nc(-c2cc(Br)c3c(c2)OCO3)n1. The van der Waals surface area contributed by atoms with E-state index in [1.165, 1.54) is 0 Å². The topological polar surface area (TPSA) is 56.3 Å². The molecule has 0 saturated heterocycles. The summed E-state index contributed by atoms with van der Waals surface area (Å²) in [7, 11) is 1.85. The van der Waals surface area contributed by atoms with Crippen LogP contribution in [-0.4, -0.2) is 23.8 Å². The van der Waals surface area contributed by atoms with E-state index in [2.05, 4.69) is 38.1 Å². The molecule has 20 heavy (non-hydrogen) atoms. The van der Waals surface area contributed by atoms with Crippen LogP contribution in [-0.2, 0) is 6.42 Å². The third-order valence-electron chi connectivity index (χ3n) is 3.08. The Labute approximate surface area is 125 Å². The second kappa shape index (κ2) is 5.28. The van der Waals surface area contributed by atoms with Gasteiger partial charge in [-0.05, 0) is 34.5 Å². The predicted molar refractivity (Wildman–Crippen MR) is 80.2 cm³/mol. The molecule has 6 heteroatoms. The first kappa shape index (κ1) is 13.2. The number of anilines is 1. The summed E-state index contributed by atoms with van der Waals surface area (Å²) in [6.45, 7) is 2.32. The number of hydrogen-bond acceptors (Lipinski definition) is 5. The van der Waals surface area contributed by atoms with E-state index in [1.807, 2.05) is 25.2 Å². The van der Waals surface area contributed by atoms with Gasteiger partial charge in [-0.1, -0.05) is 6.92 Å². The lowest BCUT2D eigenvalue weighted by atomic mass is 10.2. The van der Waals surface area contributed by atoms with E-state index in [0.29, 0.717) is 11.6 Å². The van der Waals surface area contributed by atoms with Crippen molar-refractivity contribution >= 4 is 21.7 Å². The summed E-state index contributed by atoms with van der Waals surface area (Å²) >= 11 is 3.49. The lowest BCUT2D eigenvalue weighted by Gasteiger charge is -2.08. The van der Waals surface area contributed by atoms with Crippen molar-refractivity contribution in [3.63, 3.8) is 0 Å². The number of ether oxygens (including phenoxy) is 2. The van der Waals surface area contributed by atoms with Crippen molar-refractivity contribution in [2.45, 2.75) is 13.3 Å². The standard InChI is InChI=1S/C14H14BrN3O2/c1-3-9-6-12(16-2)18-14(17-9)8-4-10(15)13-11(5-8)19-7-20-13/h4-6H,3,7H2,1-2H3,(H,16,17,18). The Bertz CT molecular complexity index is 639. The molecule has 5 nitrogen and oxygen atoms in total. The Morgan fingerprint density at radius 3 is 2.85 bits per heavy atom. The molecule has 1 aromatic heterocycles. The van der Waals surface area contributed by atoms with Gasteiger partial charge >= 0.3 is 0 Å². The Hall–Kier alpha value is -1.82. The minimum Gasteiger partial charge on any atom is -0.454 e. The van der Waals surface area contributed by atoms with Gasteiger partial charge in [0.2, 0.25) is 6.79 Å². The summed E-state index contributed by atoms with van der Waals surface area (Å²) in [5.74, 6) is 2.92. The minimum atomic E-state index is 0.245. The maximum Gasteiger partial charge on any atom is 0.231 e. The molecule has 0 aliphatic carbocycles. The fourth-order valence-corrected chi connectivity index (χ4v) is 2.59. The molecule has 0 unspecified atom stereocenters. The summed E-state index contributed by atoms with van der Waals surface area (Å²) in [6.07, 6.45) is 0.857. The van der Waals surface area contributed by atoms with Crippen molar-refractivity contribution in [2.75, 3.05) is 19.2 Å². The number of aromatic nitrogens is 2. The van der Waals surface area contributed by atoms with E-state index in [9.17, 15) is 0 Å². The highest BCUT2D eigenvalue weighted by Crippen LogP contribution is 2.42. The van der Waals surface area contributed by atoms with Gasteiger partial charge in [-0.15, -0.1) is 0 Å². The van der Waals surface area contributed by atoms with Gasteiger partial charge in [0, 0.05) is 24.4 Å². The van der Waals surface area contributed by atoms with Crippen molar-refractivity contribution in [2.24, 2.45) is 0 Å². The highest BCUT2D eigenvalue weighted by atomic mass is 79.9. The van der Waals surface area contributed by atoms with Crippen LogP contribution in [0.15, 0.2) is 22.7 Å². The molecular formula is C14H14BrN3O2. The molecule has 0 radical (unpaired) electrons. The van der Waals surface area contributed by atoms with Crippen LogP contribution in [0.1, 0.15) is 12.6 Å².